The fourth-order valence-corrected chi connectivity index (χ4v) is 2.13. The maximum absolute atomic E-state index is 2.54. The van der Waals surface area contributed by atoms with Gasteiger partial charge in [0.15, 0.2) is 0 Å². The number of hydrogen-bond donors (Lipinski definition) is 0. The topological polar surface area (TPSA) is 6.48 Å². The number of hydrogen-bond acceptors (Lipinski definition) is 2. The minimum atomic E-state index is 1.23. The van der Waals surface area contributed by atoms with Crippen molar-refractivity contribution < 1.29 is 0 Å². The fourth-order valence-electron chi connectivity index (χ4n) is 2.13. The van der Waals surface area contributed by atoms with Gasteiger partial charge in [-0.2, -0.15) is 0 Å². The molecule has 21 heavy (non-hydrogen) atoms. The maximum atomic E-state index is 2.54. The summed E-state index contributed by atoms with van der Waals surface area (Å²) < 4.78 is 0. The summed E-state index contributed by atoms with van der Waals surface area (Å²) in [6, 6.07) is 0. The van der Waals surface area contributed by atoms with Gasteiger partial charge in [-0.15, -0.1) is 0 Å². The second-order valence-electron chi connectivity index (χ2n) is 5.07. The molecule has 1 fully saturated rings. The molecule has 0 unspecified atom stereocenters. The van der Waals surface area contributed by atoms with Gasteiger partial charge in [-0.25, -0.2) is 0 Å². The smallest absolute Gasteiger partial charge is 0.0110 e. The van der Waals surface area contributed by atoms with E-state index >= 15 is 0 Å². The van der Waals surface area contributed by atoms with Crippen LogP contribution in [-0.2, 0) is 0 Å². The van der Waals surface area contributed by atoms with E-state index in [0.29, 0.717) is 0 Å². The summed E-state index contributed by atoms with van der Waals surface area (Å²) in [5.74, 6) is 0. The number of nitrogens with zero attached hydrogens (tertiary/aromatic N) is 2. The van der Waals surface area contributed by atoms with Crippen molar-refractivity contribution in [2.45, 2.75) is 60.8 Å². The van der Waals surface area contributed by atoms with E-state index in [9.17, 15) is 0 Å². The van der Waals surface area contributed by atoms with Crippen LogP contribution in [0.4, 0.5) is 0 Å². The number of likely N-dealkylation sites (N-methyl/N-ethyl adjacent to an activating group) is 1. The molecule has 126 valence electrons. The predicted molar refractivity (Wildman–Crippen MR) is 99.1 cm³/mol. The molecule has 0 amide bonds. The van der Waals surface area contributed by atoms with Crippen molar-refractivity contribution in [2.24, 2.45) is 0 Å². The second-order valence-corrected chi connectivity index (χ2v) is 5.07. The van der Waals surface area contributed by atoms with E-state index in [1.807, 2.05) is 27.7 Å². The summed E-state index contributed by atoms with van der Waals surface area (Å²) in [6.07, 6.45) is 10.4. The highest BCUT2D eigenvalue weighted by atomic mass is 15.2. The number of rotatable bonds is 2. The van der Waals surface area contributed by atoms with Crippen LogP contribution in [-0.4, -0.2) is 49.6 Å². The molecule has 0 aromatic rings. The Kier molecular flexibility index (Phi) is 18.8. The van der Waals surface area contributed by atoms with Gasteiger partial charge in [-0.1, -0.05) is 58.4 Å². The zero-order valence-corrected chi connectivity index (χ0v) is 15.8. The molecule has 0 bridgehead atoms. The predicted octanol–water partition coefficient (Wildman–Crippen LogP) is 4.98. The molecule has 0 N–H and O–H groups in total. The summed E-state index contributed by atoms with van der Waals surface area (Å²) in [5.41, 5.74) is 1.41. The van der Waals surface area contributed by atoms with E-state index in [0.717, 1.165) is 0 Å². The highest BCUT2D eigenvalue weighted by molar-refractivity contribution is 5.19. The van der Waals surface area contributed by atoms with Crippen LogP contribution in [0.1, 0.15) is 60.8 Å². The van der Waals surface area contributed by atoms with Crippen LogP contribution in [0.15, 0.2) is 23.8 Å². The molecule has 2 aliphatic rings. The summed E-state index contributed by atoms with van der Waals surface area (Å²) in [6.45, 7) is 18.7. The Morgan fingerprint density at radius 1 is 0.952 bits per heavy atom. The molecular weight excluding hydrogens is 256 g/mol. The molecule has 1 heterocycles. The average molecular weight is 297 g/mol. The monoisotopic (exact) mass is 296 g/mol. The zero-order valence-electron chi connectivity index (χ0n) is 15.8. The van der Waals surface area contributed by atoms with Crippen molar-refractivity contribution in [2.75, 3.05) is 39.8 Å². The molecule has 0 radical (unpaired) electrons. The fraction of sp³-hybridized carbons (Fsp3) is 0.789. The molecule has 0 atom stereocenters. The quantitative estimate of drug-likeness (QED) is 0.709. The lowest BCUT2D eigenvalue weighted by Crippen LogP contribution is -2.44. The Hall–Kier alpha value is -0.600. The molecule has 0 spiro atoms. The van der Waals surface area contributed by atoms with Crippen molar-refractivity contribution in [1.82, 2.24) is 9.80 Å². The third-order valence-electron chi connectivity index (χ3n) is 3.32. The van der Waals surface area contributed by atoms with E-state index in [1.54, 1.807) is 0 Å². The molecule has 0 aromatic heterocycles. The van der Waals surface area contributed by atoms with E-state index in [-0.39, 0.29) is 0 Å². The summed E-state index contributed by atoms with van der Waals surface area (Å²) in [7, 11) is 2.20. The number of piperazine rings is 1. The van der Waals surface area contributed by atoms with Gasteiger partial charge >= 0.3 is 0 Å². The van der Waals surface area contributed by atoms with Gasteiger partial charge in [0.05, 0.1) is 0 Å². The summed E-state index contributed by atoms with van der Waals surface area (Å²) in [5, 5.41) is 0. The van der Waals surface area contributed by atoms with Gasteiger partial charge in [0, 0.05) is 26.2 Å². The third kappa shape index (κ3) is 14.1. The lowest BCUT2D eigenvalue weighted by Gasteiger charge is -2.31. The van der Waals surface area contributed by atoms with Crippen molar-refractivity contribution in [3.63, 3.8) is 0 Å². The Bertz CT molecular complexity index is 248. The van der Waals surface area contributed by atoms with E-state index in [1.165, 1.54) is 57.6 Å². The molecule has 2 nitrogen and oxygen atoms in total. The SMILES string of the molecule is CC.CC.CC1=CCCC=C1.CCCN1CCN(C)CC1. The largest absolute Gasteiger partial charge is 0.304 e. The second kappa shape index (κ2) is 17.5. The molecule has 1 saturated heterocycles. The zero-order chi connectivity index (χ0) is 16.5. The Labute approximate surface area is 134 Å². The van der Waals surface area contributed by atoms with Gasteiger partial charge in [0.2, 0.25) is 0 Å². The van der Waals surface area contributed by atoms with Crippen LogP contribution in [0.5, 0.6) is 0 Å². The van der Waals surface area contributed by atoms with Crippen molar-refractivity contribution in [1.29, 1.82) is 0 Å². The maximum Gasteiger partial charge on any atom is 0.0110 e. The van der Waals surface area contributed by atoms with Crippen LogP contribution < -0.4 is 0 Å². The van der Waals surface area contributed by atoms with Gasteiger partial charge < -0.3 is 9.80 Å². The first-order valence-electron chi connectivity index (χ1n) is 8.96. The van der Waals surface area contributed by atoms with Gasteiger partial charge in [0.25, 0.3) is 0 Å². The molecule has 1 aliphatic carbocycles. The highest BCUT2D eigenvalue weighted by Gasteiger charge is 2.11. The Morgan fingerprint density at radius 2 is 1.52 bits per heavy atom. The first kappa shape index (κ1) is 22.7. The first-order valence-corrected chi connectivity index (χ1v) is 8.96. The lowest BCUT2D eigenvalue weighted by molar-refractivity contribution is 0.154. The van der Waals surface area contributed by atoms with E-state index in [2.05, 4.69) is 48.9 Å². The minimum Gasteiger partial charge on any atom is -0.304 e. The molecule has 0 aromatic carbocycles. The van der Waals surface area contributed by atoms with Crippen LogP contribution >= 0.6 is 0 Å². The molecule has 2 rings (SSSR count). The normalized spacial score (nSPS) is 18.1. The van der Waals surface area contributed by atoms with Crippen molar-refractivity contribution in [3.8, 4) is 0 Å². The van der Waals surface area contributed by atoms with Crippen LogP contribution in [0.2, 0.25) is 0 Å². The van der Waals surface area contributed by atoms with Crippen molar-refractivity contribution in [3.05, 3.63) is 23.8 Å². The molecular formula is C19H40N2. The average Bonchev–Trinajstić information content (AvgIpc) is 2.55. The number of allylic oxidation sites excluding steroid dienone is 4. The van der Waals surface area contributed by atoms with E-state index in [4.69, 9.17) is 0 Å². The van der Waals surface area contributed by atoms with Crippen LogP contribution in [0, 0.1) is 0 Å². The van der Waals surface area contributed by atoms with Crippen LogP contribution in [0.25, 0.3) is 0 Å². The van der Waals surface area contributed by atoms with Crippen molar-refractivity contribution >= 4 is 0 Å². The van der Waals surface area contributed by atoms with Gasteiger partial charge in [0.1, 0.15) is 0 Å². The third-order valence-corrected chi connectivity index (χ3v) is 3.32. The summed E-state index contributed by atoms with van der Waals surface area (Å²) in [4.78, 5) is 4.94. The van der Waals surface area contributed by atoms with Crippen LogP contribution in [0.3, 0.4) is 0 Å². The first-order chi connectivity index (χ1) is 10.2. The highest BCUT2D eigenvalue weighted by Crippen LogP contribution is 2.06. The Morgan fingerprint density at radius 3 is 1.86 bits per heavy atom. The van der Waals surface area contributed by atoms with Gasteiger partial charge in [-0.05, 0) is 39.8 Å². The minimum absolute atomic E-state index is 1.23. The summed E-state index contributed by atoms with van der Waals surface area (Å²) >= 11 is 0. The van der Waals surface area contributed by atoms with Gasteiger partial charge in [-0.3, -0.25) is 0 Å². The van der Waals surface area contributed by atoms with E-state index < -0.39 is 0 Å². The molecule has 1 aliphatic heterocycles. The lowest BCUT2D eigenvalue weighted by atomic mass is 10.1. The Balaban J connectivity index is 0. The standard InChI is InChI=1S/C8H18N2.C7H10.2C2H6/c1-3-4-10-7-5-9(2)6-8-10;1-7-5-3-2-4-6-7;2*1-2/h3-8H2,1-2H3;3,5-6H,2,4H2,1H3;2*1-2H3. The molecule has 2 heteroatoms. The molecule has 0 saturated carbocycles.